The van der Waals surface area contributed by atoms with E-state index in [0.29, 0.717) is 18.1 Å². The minimum atomic E-state index is -0.323. The third-order valence-corrected chi connectivity index (χ3v) is 4.50. The van der Waals surface area contributed by atoms with E-state index in [1.165, 1.54) is 11.1 Å². The van der Waals surface area contributed by atoms with Gasteiger partial charge in [0.15, 0.2) is 5.69 Å². The minimum Gasteiger partial charge on any atom is -0.364 e. The van der Waals surface area contributed by atoms with Crippen molar-refractivity contribution in [1.29, 1.82) is 0 Å². The molecule has 1 amide bonds. The molecule has 0 aliphatic heterocycles. The molecule has 28 heavy (non-hydrogen) atoms. The van der Waals surface area contributed by atoms with E-state index in [9.17, 15) is 4.79 Å². The number of aryl methyl sites for hydroxylation is 1. The molecule has 0 aliphatic carbocycles. The number of benzene rings is 2. The summed E-state index contributed by atoms with van der Waals surface area (Å²) in [5.74, 6) is 0.294. The van der Waals surface area contributed by atoms with Crippen LogP contribution in [0.3, 0.4) is 0 Å². The van der Waals surface area contributed by atoms with Crippen molar-refractivity contribution in [3.8, 4) is 0 Å². The van der Waals surface area contributed by atoms with E-state index in [-0.39, 0.29) is 11.6 Å². The molecule has 0 fully saturated rings. The third-order valence-electron chi connectivity index (χ3n) is 4.50. The van der Waals surface area contributed by atoms with Gasteiger partial charge in [0.2, 0.25) is 0 Å². The van der Waals surface area contributed by atoms with Crippen LogP contribution in [0.4, 0.5) is 11.5 Å². The first-order valence-corrected chi connectivity index (χ1v) is 8.98. The maximum atomic E-state index is 12.5. The summed E-state index contributed by atoms with van der Waals surface area (Å²) in [5, 5.41) is 15.2. The van der Waals surface area contributed by atoms with Gasteiger partial charge in [-0.1, -0.05) is 42.5 Å². The Kier molecular flexibility index (Phi) is 4.93. The zero-order chi connectivity index (χ0) is 19.3. The van der Waals surface area contributed by atoms with Crippen LogP contribution >= 0.6 is 0 Å². The van der Waals surface area contributed by atoms with Crippen molar-refractivity contribution in [2.24, 2.45) is 0 Å². The highest BCUT2D eigenvalue weighted by molar-refractivity contribution is 6.07. The molecule has 0 spiro atoms. The lowest BCUT2D eigenvalue weighted by molar-refractivity contribution is 0.102. The Balaban J connectivity index is 1.44. The molecular formula is C22H19N5O. The number of fused-ring (bicyclic) bond motifs is 1. The van der Waals surface area contributed by atoms with Crippen LogP contribution in [0.1, 0.15) is 21.6 Å². The summed E-state index contributed by atoms with van der Waals surface area (Å²) in [5.41, 5.74) is 4.03. The fraction of sp³-hybridized carbons (Fsp3) is 0.0909. The molecule has 6 nitrogen and oxygen atoms in total. The second kappa shape index (κ2) is 7.84. The predicted octanol–water partition coefficient (Wildman–Crippen LogP) is 4.20. The molecule has 0 aliphatic rings. The first kappa shape index (κ1) is 17.6. The van der Waals surface area contributed by atoms with Crippen LogP contribution in [0.5, 0.6) is 0 Å². The Morgan fingerprint density at radius 1 is 0.929 bits per heavy atom. The number of rotatable bonds is 5. The summed E-state index contributed by atoms with van der Waals surface area (Å²) in [7, 11) is 0. The fourth-order valence-corrected chi connectivity index (χ4v) is 2.93. The van der Waals surface area contributed by atoms with Gasteiger partial charge < -0.3 is 10.6 Å². The van der Waals surface area contributed by atoms with Crippen LogP contribution in [0.15, 0.2) is 72.9 Å². The van der Waals surface area contributed by atoms with Crippen molar-refractivity contribution >= 4 is 28.3 Å². The Bertz CT molecular complexity index is 1120. The van der Waals surface area contributed by atoms with E-state index < -0.39 is 0 Å². The Hall–Kier alpha value is -3.80. The van der Waals surface area contributed by atoms with Crippen molar-refractivity contribution in [1.82, 2.24) is 15.2 Å². The van der Waals surface area contributed by atoms with Crippen molar-refractivity contribution in [3.63, 3.8) is 0 Å². The molecule has 0 atom stereocenters. The smallest absolute Gasteiger partial charge is 0.276 e. The highest BCUT2D eigenvalue weighted by atomic mass is 16.1. The molecule has 2 N–H and O–H groups in total. The van der Waals surface area contributed by atoms with Gasteiger partial charge in [-0.05, 0) is 42.3 Å². The zero-order valence-corrected chi connectivity index (χ0v) is 15.4. The fourth-order valence-electron chi connectivity index (χ4n) is 2.93. The van der Waals surface area contributed by atoms with Crippen LogP contribution < -0.4 is 10.6 Å². The normalized spacial score (nSPS) is 10.6. The number of nitrogens with one attached hydrogen (secondary N) is 2. The zero-order valence-electron chi connectivity index (χ0n) is 15.4. The first-order valence-electron chi connectivity index (χ1n) is 8.98. The van der Waals surface area contributed by atoms with Crippen molar-refractivity contribution in [3.05, 3.63) is 89.7 Å². The molecule has 0 radical (unpaired) electrons. The summed E-state index contributed by atoms with van der Waals surface area (Å²) < 4.78 is 0. The molecule has 6 heteroatoms. The van der Waals surface area contributed by atoms with E-state index in [0.717, 1.165) is 10.9 Å². The minimum absolute atomic E-state index is 0.245. The highest BCUT2D eigenvalue weighted by Crippen LogP contribution is 2.21. The molecular weight excluding hydrogens is 350 g/mol. The van der Waals surface area contributed by atoms with Crippen LogP contribution in [0.2, 0.25) is 0 Å². The summed E-state index contributed by atoms with van der Waals surface area (Å²) >= 11 is 0. The Morgan fingerprint density at radius 2 is 1.79 bits per heavy atom. The number of carbonyl (C=O) groups is 1. The molecule has 138 valence electrons. The number of pyridine rings is 1. The summed E-state index contributed by atoms with van der Waals surface area (Å²) in [6.45, 7) is 2.72. The Morgan fingerprint density at radius 3 is 2.61 bits per heavy atom. The van der Waals surface area contributed by atoms with Gasteiger partial charge in [0, 0.05) is 18.1 Å². The maximum absolute atomic E-state index is 12.5. The summed E-state index contributed by atoms with van der Waals surface area (Å²) in [6.07, 6.45) is 1.70. The van der Waals surface area contributed by atoms with Gasteiger partial charge in [-0.25, -0.2) is 0 Å². The molecule has 0 unspecified atom stereocenters. The molecule has 4 aromatic rings. The van der Waals surface area contributed by atoms with Crippen molar-refractivity contribution < 1.29 is 4.79 Å². The molecule has 2 aromatic carbocycles. The second-order valence-corrected chi connectivity index (χ2v) is 6.42. The first-order chi connectivity index (χ1) is 13.7. The number of amides is 1. The molecule has 4 rings (SSSR count). The van der Waals surface area contributed by atoms with E-state index >= 15 is 0 Å². The van der Waals surface area contributed by atoms with Crippen molar-refractivity contribution in [2.75, 3.05) is 10.6 Å². The van der Waals surface area contributed by atoms with Gasteiger partial charge in [0.25, 0.3) is 5.91 Å². The lowest BCUT2D eigenvalue weighted by atomic mass is 10.1. The topological polar surface area (TPSA) is 79.8 Å². The predicted molar refractivity (Wildman–Crippen MR) is 110 cm³/mol. The number of hydrogen-bond donors (Lipinski definition) is 2. The molecule has 2 heterocycles. The van der Waals surface area contributed by atoms with Gasteiger partial charge in [-0.2, -0.15) is 0 Å². The van der Waals surface area contributed by atoms with Gasteiger partial charge in [0.05, 0.1) is 11.2 Å². The second-order valence-electron chi connectivity index (χ2n) is 6.42. The SMILES string of the molecule is Cc1ccccc1CNc1ccc(C(=O)Nc2cccc3cccnc23)nn1. The molecule has 0 bridgehead atoms. The van der Waals surface area contributed by atoms with E-state index in [1.54, 1.807) is 18.3 Å². The maximum Gasteiger partial charge on any atom is 0.276 e. The van der Waals surface area contributed by atoms with Gasteiger partial charge in [-0.3, -0.25) is 9.78 Å². The lowest BCUT2D eigenvalue weighted by Gasteiger charge is -2.09. The average molecular weight is 369 g/mol. The van der Waals surface area contributed by atoms with Crippen molar-refractivity contribution in [2.45, 2.75) is 13.5 Å². The van der Waals surface area contributed by atoms with Crippen LogP contribution in [0.25, 0.3) is 10.9 Å². The lowest BCUT2D eigenvalue weighted by Crippen LogP contribution is -2.15. The van der Waals surface area contributed by atoms with Crippen LogP contribution in [-0.2, 0) is 6.54 Å². The van der Waals surface area contributed by atoms with Crippen LogP contribution in [-0.4, -0.2) is 21.1 Å². The Labute approximate surface area is 162 Å². The number of para-hydroxylation sites is 1. The van der Waals surface area contributed by atoms with Crippen LogP contribution in [0, 0.1) is 6.92 Å². The number of aromatic nitrogens is 3. The molecule has 0 saturated heterocycles. The monoisotopic (exact) mass is 369 g/mol. The number of hydrogen-bond acceptors (Lipinski definition) is 5. The molecule has 0 saturated carbocycles. The standard InChI is InChI=1S/C22H19N5O/c1-15-6-2-3-7-17(15)14-24-20-12-11-19(26-27-20)22(28)25-18-10-4-8-16-9-5-13-23-21(16)18/h2-13H,14H2,1H3,(H,24,27)(H,25,28). The number of nitrogens with zero attached hydrogens (tertiary/aromatic N) is 3. The number of anilines is 2. The summed E-state index contributed by atoms with van der Waals surface area (Å²) in [6, 6.07) is 21.0. The van der Waals surface area contributed by atoms with E-state index in [1.807, 2.05) is 42.5 Å². The van der Waals surface area contributed by atoms with E-state index in [4.69, 9.17) is 0 Å². The largest absolute Gasteiger partial charge is 0.364 e. The van der Waals surface area contributed by atoms with Gasteiger partial charge in [0.1, 0.15) is 5.82 Å². The highest BCUT2D eigenvalue weighted by Gasteiger charge is 2.11. The van der Waals surface area contributed by atoms with E-state index in [2.05, 4.69) is 44.9 Å². The molecule has 2 aromatic heterocycles. The van der Waals surface area contributed by atoms with Gasteiger partial charge >= 0.3 is 0 Å². The average Bonchev–Trinajstić information content (AvgIpc) is 2.74. The quantitative estimate of drug-likeness (QED) is 0.551. The number of carbonyl (C=O) groups excluding carboxylic acids is 1. The van der Waals surface area contributed by atoms with Gasteiger partial charge in [-0.15, -0.1) is 10.2 Å². The third kappa shape index (κ3) is 3.81. The summed E-state index contributed by atoms with van der Waals surface area (Å²) in [4.78, 5) is 16.9.